The van der Waals surface area contributed by atoms with Gasteiger partial charge >= 0.3 is 5.97 Å². The molecule has 1 heterocycles. The van der Waals surface area contributed by atoms with Gasteiger partial charge < -0.3 is 5.11 Å². The van der Waals surface area contributed by atoms with Crippen LogP contribution in [0.5, 0.6) is 0 Å². The monoisotopic (exact) mass is 305 g/mol. The first-order chi connectivity index (χ1) is 11.1. The molecule has 1 aromatic heterocycles. The predicted molar refractivity (Wildman–Crippen MR) is 88.4 cm³/mol. The normalized spacial score (nSPS) is 10.6. The van der Waals surface area contributed by atoms with E-state index in [1.165, 1.54) is 5.39 Å². The summed E-state index contributed by atoms with van der Waals surface area (Å²) >= 11 is 0. The van der Waals surface area contributed by atoms with E-state index in [1.54, 1.807) is 12.3 Å². The van der Waals surface area contributed by atoms with Crippen molar-refractivity contribution in [3.8, 4) is 11.1 Å². The van der Waals surface area contributed by atoms with Gasteiger partial charge in [-0.1, -0.05) is 42.5 Å². The Morgan fingerprint density at radius 3 is 2.30 bits per heavy atom. The molecule has 4 nitrogen and oxygen atoms in total. The third kappa shape index (κ3) is 3.43. The summed E-state index contributed by atoms with van der Waals surface area (Å²) in [5, 5.41) is 10.9. The maximum Gasteiger partial charge on any atom is 0.303 e. The van der Waals surface area contributed by atoms with Crippen molar-refractivity contribution in [1.82, 2.24) is 4.98 Å². The van der Waals surface area contributed by atoms with E-state index in [1.807, 2.05) is 24.3 Å². The first-order valence-corrected chi connectivity index (χ1v) is 7.34. The highest BCUT2D eigenvalue weighted by molar-refractivity contribution is 5.96. The number of fused-ring (bicyclic) bond motifs is 1. The van der Waals surface area contributed by atoms with Gasteiger partial charge in [0, 0.05) is 18.2 Å². The molecule has 3 aromatic rings. The fraction of sp³-hybridized carbons (Fsp3) is 0.105. The molecule has 0 bridgehead atoms. The van der Waals surface area contributed by atoms with Crippen LogP contribution in [0.1, 0.15) is 23.3 Å². The van der Waals surface area contributed by atoms with E-state index in [0.29, 0.717) is 5.69 Å². The van der Waals surface area contributed by atoms with E-state index < -0.39 is 5.97 Å². The molecule has 2 aromatic carbocycles. The van der Waals surface area contributed by atoms with Gasteiger partial charge in [-0.3, -0.25) is 14.6 Å². The van der Waals surface area contributed by atoms with Crippen LogP contribution in [-0.2, 0) is 4.79 Å². The van der Waals surface area contributed by atoms with E-state index >= 15 is 0 Å². The van der Waals surface area contributed by atoms with Crippen molar-refractivity contribution < 1.29 is 14.7 Å². The van der Waals surface area contributed by atoms with Crippen LogP contribution in [0.15, 0.2) is 60.8 Å². The molecule has 0 saturated carbocycles. The predicted octanol–water partition coefficient (Wildman–Crippen LogP) is 3.95. The van der Waals surface area contributed by atoms with Crippen molar-refractivity contribution in [2.75, 3.05) is 0 Å². The second kappa shape index (κ2) is 6.40. The Bertz CT molecular complexity index is 869. The average Bonchev–Trinajstić information content (AvgIpc) is 2.59. The summed E-state index contributed by atoms with van der Waals surface area (Å²) in [6, 6.07) is 17.7. The van der Waals surface area contributed by atoms with E-state index in [0.717, 1.165) is 16.5 Å². The number of pyridine rings is 1. The van der Waals surface area contributed by atoms with Gasteiger partial charge in [-0.05, 0) is 28.5 Å². The quantitative estimate of drug-likeness (QED) is 0.725. The zero-order valence-electron chi connectivity index (χ0n) is 12.4. The standard InChI is InChI=1S/C19H15NO3/c21-18(9-10-19(22)23)17-8-7-16(12-20-17)15-6-5-13-3-1-2-4-14(13)11-15/h1-8,11-12H,9-10H2,(H,22,23). The van der Waals surface area contributed by atoms with E-state index in [4.69, 9.17) is 5.11 Å². The number of aliphatic carboxylic acids is 1. The Hall–Kier alpha value is -3.01. The van der Waals surface area contributed by atoms with E-state index in [2.05, 4.69) is 29.2 Å². The number of Topliss-reactive ketones (excluding diaryl/α,β-unsaturated/α-hetero) is 1. The van der Waals surface area contributed by atoms with Gasteiger partial charge in [0.15, 0.2) is 5.78 Å². The minimum Gasteiger partial charge on any atom is -0.481 e. The summed E-state index contributed by atoms with van der Waals surface area (Å²) < 4.78 is 0. The van der Waals surface area contributed by atoms with Crippen molar-refractivity contribution in [2.45, 2.75) is 12.8 Å². The number of carbonyl (C=O) groups is 2. The van der Waals surface area contributed by atoms with Gasteiger partial charge in [-0.15, -0.1) is 0 Å². The van der Waals surface area contributed by atoms with Crippen LogP contribution in [0.2, 0.25) is 0 Å². The van der Waals surface area contributed by atoms with E-state index in [-0.39, 0.29) is 18.6 Å². The number of hydrogen-bond donors (Lipinski definition) is 1. The van der Waals surface area contributed by atoms with Crippen LogP contribution in [0.25, 0.3) is 21.9 Å². The molecule has 0 fully saturated rings. The fourth-order valence-corrected chi connectivity index (χ4v) is 2.45. The molecule has 0 aliphatic rings. The Labute approximate surface area is 133 Å². The van der Waals surface area contributed by atoms with Crippen molar-refractivity contribution in [3.63, 3.8) is 0 Å². The molecule has 4 heteroatoms. The average molecular weight is 305 g/mol. The van der Waals surface area contributed by atoms with Crippen molar-refractivity contribution in [2.24, 2.45) is 0 Å². The van der Waals surface area contributed by atoms with Gasteiger partial charge in [0.1, 0.15) is 5.69 Å². The van der Waals surface area contributed by atoms with Gasteiger partial charge in [0.05, 0.1) is 6.42 Å². The fourth-order valence-electron chi connectivity index (χ4n) is 2.45. The molecule has 0 aliphatic carbocycles. The summed E-state index contributed by atoms with van der Waals surface area (Å²) in [5.41, 5.74) is 2.25. The lowest BCUT2D eigenvalue weighted by molar-refractivity contribution is -0.136. The molecule has 23 heavy (non-hydrogen) atoms. The topological polar surface area (TPSA) is 67.3 Å². The second-order valence-corrected chi connectivity index (χ2v) is 5.31. The SMILES string of the molecule is O=C(O)CCC(=O)c1ccc(-c2ccc3ccccc3c2)cn1. The summed E-state index contributed by atoms with van der Waals surface area (Å²) in [5.74, 6) is -1.23. The number of hydrogen-bond acceptors (Lipinski definition) is 3. The Morgan fingerprint density at radius 1 is 0.870 bits per heavy atom. The molecule has 3 rings (SSSR count). The van der Waals surface area contributed by atoms with Crippen LogP contribution in [0.4, 0.5) is 0 Å². The Kier molecular flexibility index (Phi) is 4.15. The lowest BCUT2D eigenvalue weighted by Crippen LogP contribution is -2.05. The molecule has 1 N–H and O–H groups in total. The number of rotatable bonds is 5. The van der Waals surface area contributed by atoms with Crippen molar-refractivity contribution >= 4 is 22.5 Å². The lowest BCUT2D eigenvalue weighted by atomic mass is 10.0. The number of ketones is 1. The maximum atomic E-state index is 11.8. The van der Waals surface area contributed by atoms with Crippen LogP contribution < -0.4 is 0 Å². The lowest BCUT2D eigenvalue weighted by Gasteiger charge is -2.05. The molecule has 114 valence electrons. The zero-order chi connectivity index (χ0) is 16.2. The highest BCUT2D eigenvalue weighted by Crippen LogP contribution is 2.24. The highest BCUT2D eigenvalue weighted by Gasteiger charge is 2.10. The number of benzene rings is 2. The summed E-state index contributed by atoms with van der Waals surface area (Å²) in [7, 11) is 0. The maximum absolute atomic E-state index is 11.8. The number of carboxylic acids is 1. The Balaban J connectivity index is 1.83. The second-order valence-electron chi connectivity index (χ2n) is 5.31. The van der Waals surface area contributed by atoms with Crippen LogP contribution in [0.3, 0.4) is 0 Å². The molecule has 0 amide bonds. The minimum atomic E-state index is -0.980. The number of carboxylic acid groups (broad SMARTS) is 1. The largest absolute Gasteiger partial charge is 0.481 e. The van der Waals surface area contributed by atoms with Crippen LogP contribution >= 0.6 is 0 Å². The van der Waals surface area contributed by atoms with Gasteiger partial charge in [-0.25, -0.2) is 0 Å². The first kappa shape index (κ1) is 14.9. The third-order valence-corrected chi connectivity index (χ3v) is 3.70. The summed E-state index contributed by atoms with van der Waals surface area (Å²) in [6.45, 7) is 0. The smallest absolute Gasteiger partial charge is 0.303 e. The van der Waals surface area contributed by atoms with Crippen molar-refractivity contribution in [1.29, 1.82) is 0 Å². The number of nitrogens with zero attached hydrogens (tertiary/aromatic N) is 1. The summed E-state index contributed by atoms with van der Waals surface area (Å²) in [4.78, 5) is 26.5. The summed E-state index contributed by atoms with van der Waals surface area (Å²) in [6.07, 6.45) is 1.45. The molecular weight excluding hydrogens is 290 g/mol. The third-order valence-electron chi connectivity index (χ3n) is 3.70. The van der Waals surface area contributed by atoms with Crippen LogP contribution in [0, 0.1) is 0 Å². The van der Waals surface area contributed by atoms with Gasteiger partial charge in [0.25, 0.3) is 0 Å². The van der Waals surface area contributed by atoms with Gasteiger partial charge in [-0.2, -0.15) is 0 Å². The molecule has 0 aliphatic heterocycles. The molecule has 0 radical (unpaired) electrons. The first-order valence-electron chi connectivity index (χ1n) is 7.34. The highest BCUT2D eigenvalue weighted by atomic mass is 16.4. The van der Waals surface area contributed by atoms with E-state index in [9.17, 15) is 9.59 Å². The van der Waals surface area contributed by atoms with Gasteiger partial charge in [0.2, 0.25) is 0 Å². The zero-order valence-corrected chi connectivity index (χ0v) is 12.4. The molecule has 0 atom stereocenters. The molecule has 0 spiro atoms. The van der Waals surface area contributed by atoms with Crippen molar-refractivity contribution in [3.05, 3.63) is 66.5 Å². The molecule has 0 unspecified atom stereocenters. The molecule has 0 saturated heterocycles. The van der Waals surface area contributed by atoms with Crippen LogP contribution in [-0.4, -0.2) is 21.8 Å². The number of carbonyl (C=O) groups excluding carboxylic acids is 1. The number of aromatic nitrogens is 1. The minimum absolute atomic E-state index is 0.0301. The molecular formula is C19H15NO3. The Morgan fingerprint density at radius 2 is 1.61 bits per heavy atom.